The zero-order valence-electron chi connectivity index (χ0n) is 9.75. The highest BCUT2D eigenvalue weighted by Gasteiger charge is 2.30. The molecule has 0 fully saturated rings. The average Bonchev–Trinajstić information content (AvgIpc) is 2.28. The number of benzene rings is 2. The Balaban J connectivity index is 2.61. The second kappa shape index (κ2) is 4.78. The number of halogens is 3. The van der Waals surface area contributed by atoms with Gasteiger partial charge in [0.2, 0.25) is 0 Å². The van der Waals surface area contributed by atoms with Gasteiger partial charge >= 0.3 is 0 Å². The van der Waals surface area contributed by atoms with E-state index >= 15 is 0 Å². The van der Waals surface area contributed by atoms with Crippen LogP contribution in [0.4, 0.5) is 8.78 Å². The lowest BCUT2D eigenvalue weighted by molar-refractivity contribution is 0.482. The second-order valence-corrected chi connectivity index (χ2v) is 5.23. The summed E-state index contributed by atoms with van der Waals surface area (Å²) in [6.45, 7) is 1.59. The first kappa shape index (κ1) is 13.2. The molecule has 0 saturated carbocycles. The highest BCUT2D eigenvalue weighted by atomic mass is 79.9. The molecule has 0 aliphatic heterocycles. The van der Waals surface area contributed by atoms with Crippen LogP contribution in [-0.2, 0) is 5.54 Å². The summed E-state index contributed by atoms with van der Waals surface area (Å²) in [5.74, 6) is -1.28. The predicted molar refractivity (Wildman–Crippen MR) is 71.1 cm³/mol. The monoisotopic (exact) mass is 311 g/mol. The Morgan fingerprint density at radius 2 is 1.61 bits per heavy atom. The molecule has 0 radical (unpaired) electrons. The fraction of sp³-hybridized carbons (Fsp3) is 0.143. The van der Waals surface area contributed by atoms with Crippen molar-refractivity contribution in [3.05, 3.63) is 69.7 Å². The number of rotatable bonds is 2. The SMILES string of the molecule is CC(N)(c1cccc(Br)c1)c1c(F)cccc1F. The highest BCUT2D eigenvalue weighted by molar-refractivity contribution is 9.10. The van der Waals surface area contributed by atoms with Gasteiger partial charge in [0.25, 0.3) is 0 Å². The van der Waals surface area contributed by atoms with Crippen LogP contribution in [0.15, 0.2) is 46.9 Å². The lowest BCUT2D eigenvalue weighted by Crippen LogP contribution is -2.36. The van der Waals surface area contributed by atoms with E-state index < -0.39 is 17.2 Å². The van der Waals surface area contributed by atoms with Gasteiger partial charge in [0.15, 0.2) is 0 Å². The fourth-order valence-electron chi connectivity index (χ4n) is 1.95. The van der Waals surface area contributed by atoms with Gasteiger partial charge in [-0.2, -0.15) is 0 Å². The zero-order valence-corrected chi connectivity index (χ0v) is 11.3. The maximum atomic E-state index is 13.8. The van der Waals surface area contributed by atoms with Crippen molar-refractivity contribution in [2.45, 2.75) is 12.5 Å². The molecule has 0 saturated heterocycles. The van der Waals surface area contributed by atoms with E-state index in [2.05, 4.69) is 15.9 Å². The molecule has 94 valence electrons. The van der Waals surface area contributed by atoms with Crippen molar-refractivity contribution in [1.82, 2.24) is 0 Å². The van der Waals surface area contributed by atoms with Gasteiger partial charge in [-0.1, -0.05) is 34.1 Å². The molecular formula is C14H12BrF2N. The van der Waals surface area contributed by atoms with Crippen LogP contribution in [0.25, 0.3) is 0 Å². The predicted octanol–water partition coefficient (Wildman–Crippen LogP) is 3.95. The van der Waals surface area contributed by atoms with Crippen molar-refractivity contribution in [2.24, 2.45) is 5.73 Å². The van der Waals surface area contributed by atoms with E-state index in [0.717, 1.165) is 4.47 Å². The molecule has 4 heteroatoms. The van der Waals surface area contributed by atoms with E-state index in [-0.39, 0.29) is 5.56 Å². The molecule has 2 aromatic rings. The Morgan fingerprint density at radius 3 is 2.17 bits per heavy atom. The second-order valence-electron chi connectivity index (χ2n) is 4.31. The Hall–Kier alpha value is -1.26. The topological polar surface area (TPSA) is 26.0 Å². The van der Waals surface area contributed by atoms with E-state index in [1.165, 1.54) is 18.2 Å². The summed E-state index contributed by atoms with van der Waals surface area (Å²) in [5, 5.41) is 0. The van der Waals surface area contributed by atoms with Gasteiger partial charge in [0.05, 0.1) is 5.54 Å². The number of hydrogen-bond acceptors (Lipinski definition) is 1. The van der Waals surface area contributed by atoms with Crippen LogP contribution in [0.3, 0.4) is 0 Å². The molecule has 0 bridgehead atoms. The number of hydrogen-bond donors (Lipinski definition) is 1. The molecule has 0 heterocycles. The lowest BCUT2D eigenvalue weighted by Gasteiger charge is -2.27. The van der Waals surface area contributed by atoms with E-state index in [1.54, 1.807) is 25.1 Å². The van der Waals surface area contributed by atoms with Gasteiger partial charge in [0, 0.05) is 10.0 Å². The van der Waals surface area contributed by atoms with E-state index in [0.29, 0.717) is 5.56 Å². The summed E-state index contributed by atoms with van der Waals surface area (Å²) < 4.78 is 28.4. The molecular weight excluding hydrogens is 300 g/mol. The molecule has 0 aromatic heterocycles. The molecule has 0 aliphatic carbocycles. The van der Waals surface area contributed by atoms with Gasteiger partial charge in [-0.25, -0.2) is 8.78 Å². The molecule has 2 N–H and O–H groups in total. The minimum atomic E-state index is -1.22. The molecule has 1 atom stereocenters. The van der Waals surface area contributed by atoms with Crippen LogP contribution in [0.5, 0.6) is 0 Å². The van der Waals surface area contributed by atoms with E-state index in [9.17, 15) is 8.78 Å². The van der Waals surface area contributed by atoms with Crippen molar-refractivity contribution in [3.63, 3.8) is 0 Å². The summed E-state index contributed by atoms with van der Waals surface area (Å²) in [4.78, 5) is 0. The zero-order chi connectivity index (χ0) is 13.3. The summed E-state index contributed by atoms with van der Waals surface area (Å²) in [7, 11) is 0. The van der Waals surface area contributed by atoms with Crippen LogP contribution >= 0.6 is 15.9 Å². The van der Waals surface area contributed by atoms with Gasteiger partial charge in [-0.3, -0.25) is 0 Å². The maximum Gasteiger partial charge on any atom is 0.131 e. The quantitative estimate of drug-likeness (QED) is 0.893. The molecule has 2 rings (SSSR count). The standard InChI is InChI=1S/C14H12BrF2N/c1-14(18,9-4-2-5-10(15)8-9)13-11(16)6-3-7-12(13)17/h2-8H,18H2,1H3. The third-order valence-electron chi connectivity index (χ3n) is 2.91. The first-order valence-electron chi connectivity index (χ1n) is 5.42. The minimum absolute atomic E-state index is 0.122. The largest absolute Gasteiger partial charge is 0.318 e. The summed E-state index contributed by atoms with van der Waals surface area (Å²) in [6.07, 6.45) is 0. The van der Waals surface area contributed by atoms with Gasteiger partial charge in [0.1, 0.15) is 11.6 Å². The van der Waals surface area contributed by atoms with Crippen molar-refractivity contribution in [3.8, 4) is 0 Å². The maximum absolute atomic E-state index is 13.8. The molecule has 2 aromatic carbocycles. The van der Waals surface area contributed by atoms with Crippen LogP contribution in [0.1, 0.15) is 18.1 Å². The van der Waals surface area contributed by atoms with Crippen molar-refractivity contribution in [2.75, 3.05) is 0 Å². The average molecular weight is 312 g/mol. The Bertz CT molecular complexity index is 562. The van der Waals surface area contributed by atoms with Crippen molar-refractivity contribution < 1.29 is 8.78 Å². The first-order valence-corrected chi connectivity index (χ1v) is 6.21. The first-order chi connectivity index (χ1) is 8.43. The van der Waals surface area contributed by atoms with Gasteiger partial charge in [-0.05, 0) is 36.8 Å². The lowest BCUT2D eigenvalue weighted by atomic mass is 9.85. The third-order valence-corrected chi connectivity index (χ3v) is 3.40. The molecule has 0 amide bonds. The fourth-order valence-corrected chi connectivity index (χ4v) is 2.35. The van der Waals surface area contributed by atoms with E-state index in [4.69, 9.17) is 5.73 Å². The van der Waals surface area contributed by atoms with Crippen molar-refractivity contribution >= 4 is 15.9 Å². The van der Waals surface area contributed by atoms with E-state index in [1.807, 2.05) is 6.07 Å². The summed E-state index contributed by atoms with van der Waals surface area (Å²) >= 11 is 3.32. The Kier molecular flexibility index (Phi) is 3.50. The van der Waals surface area contributed by atoms with Gasteiger partial charge < -0.3 is 5.73 Å². The van der Waals surface area contributed by atoms with Crippen LogP contribution in [-0.4, -0.2) is 0 Å². The van der Waals surface area contributed by atoms with Crippen LogP contribution < -0.4 is 5.73 Å². The molecule has 18 heavy (non-hydrogen) atoms. The van der Waals surface area contributed by atoms with Crippen LogP contribution in [0, 0.1) is 11.6 Å². The molecule has 1 unspecified atom stereocenters. The smallest absolute Gasteiger partial charge is 0.131 e. The molecule has 1 nitrogen and oxygen atoms in total. The molecule has 0 aliphatic rings. The normalized spacial score (nSPS) is 14.3. The Labute approximate surface area is 113 Å². The summed E-state index contributed by atoms with van der Waals surface area (Å²) in [5.41, 5.74) is 5.42. The Morgan fingerprint density at radius 1 is 1.06 bits per heavy atom. The summed E-state index contributed by atoms with van der Waals surface area (Å²) in [6, 6.07) is 10.9. The highest BCUT2D eigenvalue weighted by Crippen LogP contribution is 2.31. The van der Waals surface area contributed by atoms with Crippen LogP contribution in [0.2, 0.25) is 0 Å². The van der Waals surface area contributed by atoms with Gasteiger partial charge in [-0.15, -0.1) is 0 Å². The number of nitrogens with two attached hydrogens (primary N) is 1. The van der Waals surface area contributed by atoms with Crippen molar-refractivity contribution in [1.29, 1.82) is 0 Å². The third kappa shape index (κ3) is 2.31. The minimum Gasteiger partial charge on any atom is -0.318 e. The molecule has 0 spiro atoms.